The van der Waals surface area contributed by atoms with Gasteiger partial charge in [-0.3, -0.25) is 14.9 Å². The summed E-state index contributed by atoms with van der Waals surface area (Å²) in [5.74, 6) is 0.708. The topological polar surface area (TPSA) is 99.9 Å². The van der Waals surface area contributed by atoms with E-state index >= 15 is 0 Å². The Labute approximate surface area is 216 Å². The van der Waals surface area contributed by atoms with E-state index in [0.717, 1.165) is 23.6 Å². The highest BCUT2D eigenvalue weighted by atomic mass is 35.5. The van der Waals surface area contributed by atoms with Gasteiger partial charge in [0.1, 0.15) is 23.4 Å². The molecule has 0 fully saturated rings. The Morgan fingerprint density at radius 1 is 1.14 bits per heavy atom. The molecule has 192 valence electrons. The van der Waals surface area contributed by atoms with Crippen LogP contribution in [0.2, 0.25) is 5.02 Å². The summed E-state index contributed by atoms with van der Waals surface area (Å²) in [6.45, 7) is 0.932. The summed E-state index contributed by atoms with van der Waals surface area (Å²) in [6, 6.07) is 11.8. The Morgan fingerprint density at radius 3 is 2.44 bits per heavy atom. The lowest BCUT2D eigenvalue weighted by Gasteiger charge is -2.18. The average molecular weight is 514 g/mol. The third kappa shape index (κ3) is 7.07. The molecule has 1 aromatic heterocycles. The molecular weight excluding hydrogens is 482 g/mol. The van der Waals surface area contributed by atoms with E-state index in [9.17, 15) is 14.7 Å². The first kappa shape index (κ1) is 27.2. The van der Waals surface area contributed by atoms with Gasteiger partial charge in [-0.05, 0) is 50.5 Å². The SMILES string of the molecule is CN(C)Cc1ncc(-c2ccc(Oc3cc(Cl)ccc3CN[C@@H](CC(=O)N(C)C)C(=O)O)cc2)n1C. The monoisotopic (exact) mass is 513 g/mol. The number of halogens is 1. The van der Waals surface area contributed by atoms with Gasteiger partial charge >= 0.3 is 5.97 Å². The van der Waals surface area contributed by atoms with E-state index in [4.69, 9.17) is 16.3 Å². The van der Waals surface area contributed by atoms with Gasteiger partial charge in [0.2, 0.25) is 5.91 Å². The predicted molar refractivity (Wildman–Crippen MR) is 139 cm³/mol. The molecule has 9 nitrogen and oxygen atoms in total. The molecule has 10 heteroatoms. The Balaban J connectivity index is 1.74. The Bertz CT molecular complexity index is 1210. The summed E-state index contributed by atoms with van der Waals surface area (Å²) in [7, 11) is 9.19. The van der Waals surface area contributed by atoms with Crippen LogP contribution in [-0.4, -0.2) is 70.6 Å². The number of hydrogen-bond donors (Lipinski definition) is 2. The molecular formula is C26H32ClN5O4. The number of benzene rings is 2. The second-order valence-corrected chi connectivity index (χ2v) is 9.44. The number of rotatable bonds is 11. The van der Waals surface area contributed by atoms with Crippen LogP contribution in [0.25, 0.3) is 11.3 Å². The number of nitrogens with zero attached hydrogens (tertiary/aromatic N) is 4. The van der Waals surface area contributed by atoms with Crippen molar-refractivity contribution in [2.75, 3.05) is 28.2 Å². The van der Waals surface area contributed by atoms with Crippen LogP contribution in [0, 0.1) is 0 Å². The van der Waals surface area contributed by atoms with E-state index in [1.54, 1.807) is 32.3 Å². The molecule has 3 aromatic rings. The number of carbonyl (C=O) groups is 2. The molecule has 3 rings (SSSR count). The minimum absolute atomic E-state index is 0.155. The maximum absolute atomic E-state index is 12.0. The number of amides is 1. The van der Waals surface area contributed by atoms with Gasteiger partial charge < -0.3 is 24.2 Å². The van der Waals surface area contributed by atoms with Gasteiger partial charge in [0.05, 0.1) is 24.9 Å². The van der Waals surface area contributed by atoms with Crippen LogP contribution >= 0.6 is 11.6 Å². The van der Waals surface area contributed by atoms with E-state index in [1.165, 1.54) is 4.90 Å². The summed E-state index contributed by atoms with van der Waals surface area (Å²) in [5.41, 5.74) is 2.72. The number of hydrogen-bond acceptors (Lipinski definition) is 6. The maximum atomic E-state index is 12.0. The number of carboxylic acid groups (broad SMARTS) is 1. The minimum atomic E-state index is -1.10. The second-order valence-electron chi connectivity index (χ2n) is 9.00. The van der Waals surface area contributed by atoms with E-state index in [1.807, 2.05) is 51.6 Å². The zero-order valence-corrected chi connectivity index (χ0v) is 21.9. The molecule has 0 aliphatic heterocycles. The standard InChI is InChI=1S/C26H32ClN5O4/c1-30(2)16-24-29-15-22(32(24)5)17-7-10-20(11-8-17)36-23-12-19(27)9-6-18(23)14-28-21(26(34)35)13-25(33)31(3)4/h6-12,15,21,28H,13-14,16H2,1-5H3,(H,34,35)/t21-/m0/s1. The molecule has 2 N–H and O–H groups in total. The highest BCUT2D eigenvalue weighted by Gasteiger charge is 2.22. The van der Waals surface area contributed by atoms with Gasteiger partial charge in [-0.15, -0.1) is 0 Å². The van der Waals surface area contributed by atoms with Crippen LogP contribution in [0.5, 0.6) is 11.5 Å². The Kier molecular flexibility index (Phi) is 9.08. The highest BCUT2D eigenvalue weighted by molar-refractivity contribution is 6.30. The fourth-order valence-corrected chi connectivity index (χ4v) is 3.74. The van der Waals surface area contributed by atoms with Crippen molar-refractivity contribution in [1.82, 2.24) is 24.7 Å². The van der Waals surface area contributed by atoms with Crippen molar-refractivity contribution in [3.8, 4) is 22.8 Å². The molecule has 0 unspecified atom stereocenters. The third-order valence-electron chi connectivity index (χ3n) is 5.66. The number of carbonyl (C=O) groups excluding carboxylic acids is 1. The molecule has 0 saturated heterocycles. The summed E-state index contributed by atoms with van der Waals surface area (Å²) in [5, 5.41) is 12.9. The molecule has 1 heterocycles. The van der Waals surface area contributed by atoms with Crippen LogP contribution in [0.1, 0.15) is 17.8 Å². The molecule has 0 aliphatic rings. The molecule has 1 amide bonds. The van der Waals surface area contributed by atoms with Gasteiger partial charge in [-0.2, -0.15) is 0 Å². The van der Waals surface area contributed by atoms with Crippen molar-refractivity contribution in [2.24, 2.45) is 7.05 Å². The largest absolute Gasteiger partial charge is 0.480 e. The van der Waals surface area contributed by atoms with Crippen LogP contribution in [-0.2, 0) is 29.7 Å². The molecule has 0 bridgehead atoms. The fraction of sp³-hybridized carbons (Fsp3) is 0.346. The second kappa shape index (κ2) is 12.0. The first-order chi connectivity index (χ1) is 17.0. The third-order valence-corrected chi connectivity index (χ3v) is 5.90. The van der Waals surface area contributed by atoms with Gasteiger partial charge in [-0.1, -0.05) is 17.7 Å². The van der Waals surface area contributed by atoms with Gasteiger partial charge in [0.25, 0.3) is 0 Å². The molecule has 2 aromatic carbocycles. The quantitative estimate of drug-likeness (QED) is 0.404. The lowest BCUT2D eigenvalue weighted by molar-refractivity contribution is -0.142. The van der Waals surface area contributed by atoms with Gasteiger partial charge in [0, 0.05) is 43.8 Å². The first-order valence-electron chi connectivity index (χ1n) is 11.4. The van der Waals surface area contributed by atoms with Crippen LogP contribution in [0.3, 0.4) is 0 Å². The van der Waals surface area contributed by atoms with Gasteiger partial charge in [-0.25, -0.2) is 4.98 Å². The minimum Gasteiger partial charge on any atom is -0.480 e. The average Bonchev–Trinajstić information content (AvgIpc) is 3.17. The summed E-state index contributed by atoms with van der Waals surface area (Å²) < 4.78 is 8.17. The zero-order valence-electron chi connectivity index (χ0n) is 21.2. The van der Waals surface area contributed by atoms with E-state index in [-0.39, 0.29) is 18.9 Å². The molecule has 0 spiro atoms. The van der Waals surface area contributed by atoms with Crippen LogP contribution in [0.4, 0.5) is 0 Å². The van der Waals surface area contributed by atoms with Crippen LogP contribution in [0.15, 0.2) is 48.7 Å². The number of ether oxygens (including phenoxy) is 1. The molecule has 1 atom stereocenters. The summed E-state index contributed by atoms with van der Waals surface area (Å²) >= 11 is 6.20. The molecule has 0 aliphatic carbocycles. The summed E-state index contributed by atoms with van der Waals surface area (Å²) in [4.78, 5) is 31.6. The number of carboxylic acids is 1. The molecule has 36 heavy (non-hydrogen) atoms. The van der Waals surface area contributed by atoms with E-state index in [0.29, 0.717) is 22.1 Å². The highest BCUT2D eigenvalue weighted by Crippen LogP contribution is 2.30. The maximum Gasteiger partial charge on any atom is 0.321 e. The number of aliphatic carboxylic acids is 1. The summed E-state index contributed by atoms with van der Waals surface area (Å²) in [6.07, 6.45) is 1.70. The van der Waals surface area contributed by atoms with Crippen molar-refractivity contribution in [3.05, 3.63) is 65.1 Å². The van der Waals surface area contributed by atoms with Gasteiger partial charge in [0.15, 0.2) is 0 Å². The smallest absolute Gasteiger partial charge is 0.321 e. The van der Waals surface area contributed by atoms with E-state index < -0.39 is 12.0 Å². The fourth-order valence-electron chi connectivity index (χ4n) is 3.57. The van der Waals surface area contributed by atoms with Crippen molar-refractivity contribution in [3.63, 3.8) is 0 Å². The zero-order chi connectivity index (χ0) is 26.4. The number of nitrogens with one attached hydrogen (secondary N) is 1. The molecule has 0 radical (unpaired) electrons. The Hall–Kier alpha value is -3.40. The van der Waals surface area contributed by atoms with E-state index in [2.05, 4.69) is 19.8 Å². The van der Waals surface area contributed by atoms with Crippen molar-refractivity contribution in [1.29, 1.82) is 0 Å². The molecule has 0 saturated carbocycles. The number of aromatic nitrogens is 2. The predicted octanol–water partition coefficient (Wildman–Crippen LogP) is 3.62. The van der Waals surface area contributed by atoms with Crippen molar-refractivity contribution < 1.29 is 19.4 Å². The lowest BCUT2D eigenvalue weighted by atomic mass is 10.1. The normalized spacial score (nSPS) is 12.0. The first-order valence-corrected chi connectivity index (χ1v) is 11.8. The van der Waals surface area contributed by atoms with Crippen molar-refractivity contribution >= 4 is 23.5 Å². The lowest BCUT2D eigenvalue weighted by Crippen LogP contribution is -2.40. The van der Waals surface area contributed by atoms with Crippen molar-refractivity contribution in [2.45, 2.75) is 25.6 Å². The Morgan fingerprint density at radius 2 is 1.83 bits per heavy atom. The van der Waals surface area contributed by atoms with Crippen LogP contribution < -0.4 is 10.1 Å². The number of imidazole rings is 1.